The summed E-state index contributed by atoms with van der Waals surface area (Å²) >= 11 is 7.71. The summed E-state index contributed by atoms with van der Waals surface area (Å²) in [6.07, 6.45) is 0. The van der Waals surface area contributed by atoms with Crippen molar-refractivity contribution in [3.63, 3.8) is 0 Å². The van der Waals surface area contributed by atoms with Crippen LogP contribution >= 0.6 is 22.9 Å². The first-order chi connectivity index (χ1) is 9.16. The van der Waals surface area contributed by atoms with Gasteiger partial charge in [0.15, 0.2) is 0 Å². The Morgan fingerprint density at radius 3 is 2.79 bits per heavy atom. The van der Waals surface area contributed by atoms with E-state index in [0.717, 1.165) is 10.4 Å². The molecule has 0 aliphatic heterocycles. The number of benzene rings is 1. The highest BCUT2D eigenvalue weighted by atomic mass is 35.5. The minimum absolute atomic E-state index is 0.128. The van der Waals surface area contributed by atoms with Crippen LogP contribution in [0, 0.1) is 0 Å². The third kappa shape index (κ3) is 3.98. The van der Waals surface area contributed by atoms with Crippen LogP contribution in [0.4, 0.5) is 4.79 Å². The van der Waals surface area contributed by atoms with Gasteiger partial charge >= 0.3 is 6.03 Å². The first-order valence-electron chi connectivity index (χ1n) is 5.98. The largest absolute Gasteiger partial charge is 0.333 e. The fourth-order valence-electron chi connectivity index (χ4n) is 1.73. The zero-order valence-corrected chi connectivity index (χ0v) is 12.1. The van der Waals surface area contributed by atoms with E-state index in [4.69, 9.17) is 11.6 Å². The van der Waals surface area contributed by atoms with Crippen LogP contribution in [0.3, 0.4) is 0 Å². The van der Waals surface area contributed by atoms with E-state index in [1.807, 2.05) is 48.7 Å². The van der Waals surface area contributed by atoms with Gasteiger partial charge in [0, 0.05) is 9.90 Å². The third-order valence-electron chi connectivity index (χ3n) is 2.72. The number of urea groups is 1. The lowest BCUT2D eigenvalue weighted by Gasteiger charge is -2.16. The van der Waals surface area contributed by atoms with Crippen molar-refractivity contribution in [3.8, 4) is 0 Å². The second kappa shape index (κ2) is 6.59. The van der Waals surface area contributed by atoms with Crippen LogP contribution in [-0.4, -0.2) is 6.03 Å². The Morgan fingerprint density at radius 1 is 1.32 bits per heavy atom. The van der Waals surface area contributed by atoms with Gasteiger partial charge < -0.3 is 10.6 Å². The summed E-state index contributed by atoms with van der Waals surface area (Å²) in [6.45, 7) is 2.45. The maximum absolute atomic E-state index is 11.8. The van der Waals surface area contributed by atoms with Crippen molar-refractivity contribution in [1.29, 1.82) is 0 Å². The maximum atomic E-state index is 11.8. The molecule has 1 heterocycles. The summed E-state index contributed by atoms with van der Waals surface area (Å²) in [4.78, 5) is 12.9. The number of amides is 2. The van der Waals surface area contributed by atoms with Crippen LogP contribution in [0.1, 0.15) is 23.4 Å². The van der Waals surface area contributed by atoms with Crippen LogP contribution in [0.15, 0.2) is 41.8 Å². The Morgan fingerprint density at radius 2 is 2.11 bits per heavy atom. The first kappa shape index (κ1) is 13.9. The minimum atomic E-state index is -0.194. The van der Waals surface area contributed by atoms with Crippen molar-refractivity contribution in [2.75, 3.05) is 0 Å². The predicted molar refractivity (Wildman–Crippen MR) is 79.6 cm³/mol. The first-order valence-corrected chi connectivity index (χ1v) is 7.24. The number of rotatable bonds is 4. The van der Waals surface area contributed by atoms with Crippen LogP contribution in [0.2, 0.25) is 5.02 Å². The molecule has 0 radical (unpaired) electrons. The molecule has 3 nitrogen and oxygen atoms in total. The molecule has 1 unspecified atom stereocenters. The molecule has 0 aliphatic carbocycles. The Kier molecular flexibility index (Phi) is 4.82. The van der Waals surface area contributed by atoms with Crippen molar-refractivity contribution >= 4 is 29.0 Å². The van der Waals surface area contributed by atoms with Gasteiger partial charge in [-0.05, 0) is 30.0 Å². The fourth-order valence-corrected chi connectivity index (χ4v) is 2.68. The molecule has 1 aromatic carbocycles. The molecule has 2 aromatic rings. The summed E-state index contributed by atoms with van der Waals surface area (Å²) in [5.74, 6) is 0. The van der Waals surface area contributed by atoms with Gasteiger partial charge in [-0.1, -0.05) is 35.9 Å². The molecule has 0 saturated carbocycles. The summed E-state index contributed by atoms with van der Waals surface area (Å²) in [6, 6.07) is 11.1. The molecule has 19 heavy (non-hydrogen) atoms. The summed E-state index contributed by atoms with van der Waals surface area (Å²) in [5.41, 5.74) is 0.912. The predicted octanol–water partition coefficient (Wildman–Crippen LogP) is 3.96. The number of hydrogen-bond donors (Lipinski definition) is 2. The number of hydrogen-bond acceptors (Lipinski definition) is 2. The minimum Gasteiger partial charge on any atom is -0.333 e. The molecule has 0 aliphatic rings. The standard InChI is InChI=1S/C14H15ClN2OS/c1-10(12-6-2-3-7-13(12)15)17-14(18)16-9-11-5-4-8-19-11/h2-8,10H,9H2,1H3,(H2,16,17,18). The maximum Gasteiger partial charge on any atom is 0.315 e. The molecule has 1 aromatic heterocycles. The highest BCUT2D eigenvalue weighted by Gasteiger charge is 2.11. The van der Waals surface area contributed by atoms with Gasteiger partial charge in [0.05, 0.1) is 12.6 Å². The van der Waals surface area contributed by atoms with Crippen LogP contribution < -0.4 is 10.6 Å². The van der Waals surface area contributed by atoms with E-state index < -0.39 is 0 Å². The molecule has 1 atom stereocenters. The van der Waals surface area contributed by atoms with Crippen molar-refractivity contribution in [2.24, 2.45) is 0 Å². The molecule has 2 rings (SSSR count). The van der Waals surface area contributed by atoms with Gasteiger partial charge in [-0.3, -0.25) is 0 Å². The summed E-state index contributed by atoms with van der Waals surface area (Å²) in [5, 5.41) is 8.34. The molecule has 0 spiro atoms. The van der Waals surface area contributed by atoms with E-state index in [1.54, 1.807) is 11.3 Å². The second-order valence-electron chi connectivity index (χ2n) is 4.15. The van der Waals surface area contributed by atoms with E-state index in [0.29, 0.717) is 11.6 Å². The Bertz CT molecular complexity index is 542. The monoisotopic (exact) mass is 294 g/mol. The third-order valence-corrected chi connectivity index (χ3v) is 3.94. The zero-order chi connectivity index (χ0) is 13.7. The smallest absolute Gasteiger partial charge is 0.315 e. The highest BCUT2D eigenvalue weighted by Crippen LogP contribution is 2.21. The van der Waals surface area contributed by atoms with E-state index in [-0.39, 0.29) is 12.1 Å². The topological polar surface area (TPSA) is 41.1 Å². The molecular formula is C14H15ClN2OS. The van der Waals surface area contributed by atoms with Crippen molar-refractivity contribution in [3.05, 3.63) is 57.2 Å². The van der Waals surface area contributed by atoms with Crippen molar-refractivity contribution < 1.29 is 4.79 Å². The normalized spacial score (nSPS) is 11.9. The fraction of sp³-hybridized carbons (Fsp3) is 0.214. The van der Waals surface area contributed by atoms with Crippen LogP contribution in [-0.2, 0) is 6.54 Å². The Labute approximate surface area is 121 Å². The average Bonchev–Trinajstić information content (AvgIpc) is 2.90. The molecule has 0 saturated heterocycles. The summed E-state index contributed by atoms with van der Waals surface area (Å²) < 4.78 is 0. The van der Waals surface area contributed by atoms with Gasteiger partial charge in [0.25, 0.3) is 0 Å². The average molecular weight is 295 g/mol. The molecule has 0 bridgehead atoms. The molecular weight excluding hydrogens is 280 g/mol. The molecule has 2 N–H and O–H groups in total. The number of carbonyl (C=O) groups is 1. The van der Waals surface area contributed by atoms with Gasteiger partial charge in [-0.15, -0.1) is 11.3 Å². The Hall–Kier alpha value is -1.52. The number of carbonyl (C=O) groups excluding carboxylic acids is 1. The molecule has 2 amide bonds. The lowest BCUT2D eigenvalue weighted by atomic mass is 10.1. The number of nitrogens with one attached hydrogen (secondary N) is 2. The quantitative estimate of drug-likeness (QED) is 0.880. The van der Waals surface area contributed by atoms with Gasteiger partial charge in [0.1, 0.15) is 0 Å². The Balaban J connectivity index is 1.87. The zero-order valence-electron chi connectivity index (χ0n) is 10.5. The van der Waals surface area contributed by atoms with E-state index in [2.05, 4.69) is 10.6 Å². The highest BCUT2D eigenvalue weighted by molar-refractivity contribution is 7.09. The van der Waals surface area contributed by atoms with E-state index in [9.17, 15) is 4.79 Å². The van der Waals surface area contributed by atoms with Gasteiger partial charge in [-0.2, -0.15) is 0 Å². The van der Waals surface area contributed by atoms with Crippen LogP contribution in [0.25, 0.3) is 0 Å². The van der Waals surface area contributed by atoms with Crippen molar-refractivity contribution in [1.82, 2.24) is 10.6 Å². The van der Waals surface area contributed by atoms with Crippen LogP contribution in [0.5, 0.6) is 0 Å². The van der Waals surface area contributed by atoms with Gasteiger partial charge in [-0.25, -0.2) is 4.79 Å². The van der Waals surface area contributed by atoms with Crippen molar-refractivity contribution in [2.45, 2.75) is 19.5 Å². The SMILES string of the molecule is CC(NC(=O)NCc1cccs1)c1ccccc1Cl. The summed E-state index contributed by atoms with van der Waals surface area (Å²) in [7, 11) is 0. The lowest BCUT2D eigenvalue weighted by molar-refractivity contribution is 0.237. The number of thiophene rings is 1. The van der Waals surface area contributed by atoms with Gasteiger partial charge in [0.2, 0.25) is 0 Å². The van der Waals surface area contributed by atoms with E-state index >= 15 is 0 Å². The molecule has 5 heteroatoms. The number of halogens is 1. The van der Waals surface area contributed by atoms with E-state index in [1.165, 1.54) is 0 Å². The second-order valence-corrected chi connectivity index (χ2v) is 5.59. The molecule has 100 valence electrons. The lowest BCUT2D eigenvalue weighted by Crippen LogP contribution is -2.36. The molecule has 0 fully saturated rings.